The Labute approximate surface area is 209 Å². The topological polar surface area (TPSA) is 58.1 Å². The monoisotopic (exact) mass is 552 g/mol. The molecule has 176 valence electrons. The zero-order chi connectivity index (χ0) is 21.7. The van der Waals surface area contributed by atoms with Crippen molar-refractivity contribution < 1.29 is 9.47 Å². The molecule has 2 aromatic rings. The van der Waals surface area contributed by atoms with E-state index in [1.165, 1.54) is 5.56 Å². The molecule has 0 amide bonds. The van der Waals surface area contributed by atoms with E-state index >= 15 is 0 Å². The van der Waals surface area contributed by atoms with Gasteiger partial charge in [0.2, 0.25) is 0 Å². The van der Waals surface area contributed by atoms with Gasteiger partial charge in [0.25, 0.3) is 0 Å². The van der Waals surface area contributed by atoms with Crippen LogP contribution in [0.2, 0.25) is 0 Å². The molecule has 0 radical (unpaired) electrons. The first kappa shape index (κ1) is 26.3. The quantitative estimate of drug-likeness (QED) is 0.190. The van der Waals surface area contributed by atoms with Crippen LogP contribution >= 0.6 is 24.0 Å². The SMILES string of the molecule is CN=C(NCCCCOCCc1ccccc1)NC1CCN(c2ccccc2OC)C1.I. The van der Waals surface area contributed by atoms with Crippen molar-refractivity contribution in [1.29, 1.82) is 0 Å². The fourth-order valence-electron chi connectivity index (χ4n) is 3.85. The average Bonchev–Trinajstić information content (AvgIpc) is 3.29. The molecule has 2 aromatic carbocycles. The summed E-state index contributed by atoms with van der Waals surface area (Å²) in [5.74, 6) is 1.80. The lowest BCUT2D eigenvalue weighted by molar-refractivity contribution is 0.133. The fourth-order valence-corrected chi connectivity index (χ4v) is 3.85. The molecule has 1 heterocycles. The van der Waals surface area contributed by atoms with Gasteiger partial charge in [0.05, 0.1) is 19.4 Å². The summed E-state index contributed by atoms with van der Waals surface area (Å²) in [6.07, 6.45) is 4.16. The number of para-hydroxylation sites is 2. The van der Waals surface area contributed by atoms with Gasteiger partial charge in [-0.15, -0.1) is 24.0 Å². The summed E-state index contributed by atoms with van der Waals surface area (Å²) < 4.78 is 11.3. The predicted octanol–water partition coefficient (Wildman–Crippen LogP) is 4.10. The third-order valence-corrected chi connectivity index (χ3v) is 5.56. The van der Waals surface area contributed by atoms with E-state index in [1.54, 1.807) is 7.11 Å². The lowest BCUT2D eigenvalue weighted by atomic mass is 10.2. The summed E-state index contributed by atoms with van der Waals surface area (Å²) >= 11 is 0. The van der Waals surface area contributed by atoms with Gasteiger partial charge in [-0.1, -0.05) is 42.5 Å². The third-order valence-electron chi connectivity index (χ3n) is 5.56. The maximum absolute atomic E-state index is 5.76. The molecule has 0 aliphatic carbocycles. The summed E-state index contributed by atoms with van der Waals surface area (Å²) in [4.78, 5) is 6.76. The van der Waals surface area contributed by atoms with Crippen molar-refractivity contribution in [2.24, 2.45) is 4.99 Å². The van der Waals surface area contributed by atoms with Crippen molar-refractivity contribution in [2.45, 2.75) is 31.7 Å². The summed E-state index contributed by atoms with van der Waals surface area (Å²) in [5, 5.41) is 6.99. The normalized spacial score (nSPS) is 15.9. The van der Waals surface area contributed by atoms with Crippen molar-refractivity contribution in [3.63, 3.8) is 0 Å². The van der Waals surface area contributed by atoms with Gasteiger partial charge >= 0.3 is 0 Å². The third kappa shape index (κ3) is 8.50. The molecule has 32 heavy (non-hydrogen) atoms. The lowest BCUT2D eigenvalue weighted by Gasteiger charge is -2.22. The summed E-state index contributed by atoms with van der Waals surface area (Å²) in [6.45, 7) is 4.43. The number of nitrogens with zero attached hydrogens (tertiary/aromatic N) is 2. The van der Waals surface area contributed by atoms with Gasteiger partial charge in [-0.2, -0.15) is 0 Å². The number of benzene rings is 2. The molecule has 1 aliphatic rings. The Morgan fingerprint density at radius 2 is 1.84 bits per heavy atom. The van der Waals surface area contributed by atoms with Crippen LogP contribution in [0.4, 0.5) is 5.69 Å². The highest BCUT2D eigenvalue weighted by Gasteiger charge is 2.25. The molecule has 1 aliphatic heterocycles. The van der Waals surface area contributed by atoms with Crippen LogP contribution in [0.3, 0.4) is 0 Å². The van der Waals surface area contributed by atoms with Crippen LogP contribution in [0.1, 0.15) is 24.8 Å². The second-order valence-electron chi connectivity index (χ2n) is 7.80. The second-order valence-corrected chi connectivity index (χ2v) is 7.80. The summed E-state index contributed by atoms with van der Waals surface area (Å²) in [6, 6.07) is 19.1. The van der Waals surface area contributed by atoms with E-state index in [0.29, 0.717) is 6.04 Å². The van der Waals surface area contributed by atoms with Gasteiger partial charge < -0.3 is 25.0 Å². The molecule has 1 atom stereocenters. The van der Waals surface area contributed by atoms with E-state index in [1.807, 2.05) is 25.2 Å². The summed E-state index contributed by atoms with van der Waals surface area (Å²) in [5.41, 5.74) is 2.49. The second kappa shape index (κ2) is 14.9. The number of unbranched alkanes of at least 4 members (excludes halogenated alkanes) is 1. The maximum atomic E-state index is 5.76. The van der Waals surface area contributed by atoms with E-state index in [4.69, 9.17) is 9.47 Å². The van der Waals surface area contributed by atoms with Gasteiger partial charge in [-0.05, 0) is 43.4 Å². The Morgan fingerprint density at radius 3 is 2.62 bits per heavy atom. The summed E-state index contributed by atoms with van der Waals surface area (Å²) in [7, 11) is 3.56. The molecule has 2 N–H and O–H groups in total. The van der Waals surface area contributed by atoms with Crippen molar-refractivity contribution in [3.05, 3.63) is 60.2 Å². The number of hydrogen-bond acceptors (Lipinski definition) is 4. The Bertz CT molecular complexity index is 804. The lowest BCUT2D eigenvalue weighted by Crippen LogP contribution is -2.44. The first-order valence-electron chi connectivity index (χ1n) is 11.3. The van der Waals surface area contributed by atoms with Gasteiger partial charge in [-0.3, -0.25) is 4.99 Å². The minimum atomic E-state index is 0. The Morgan fingerprint density at radius 1 is 1.06 bits per heavy atom. The average molecular weight is 553 g/mol. The van der Waals surface area contributed by atoms with Crippen LogP contribution in [0.5, 0.6) is 5.75 Å². The van der Waals surface area contributed by atoms with Gasteiger partial charge in [0.1, 0.15) is 5.75 Å². The standard InChI is InChI=1S/C25H36N4O2.HI/c1-26-25(27-16-8-9-18-31-19-15-21-10-4-3-5-11-21)28-22-14-17-29(20-22)23-12-6-7-13-24(23)30-2;/h3-7,10-13,22H,8-9,14-20H2,1-2H3,(H2,26,27,28);1H. The van der Waals surface area contributed by atoms with Crippen molar-refractivity contribution in [1.82, 2.24) is 10.6 Å². The number of aliphatic imine (C=N–C) groups is 1. The highest BCUT2D eigenvalue weighted by atomic mass is 127. The van der Waals surface area contributed by atoms with Crippen LogP contribution in [-0.4, -0.2) is 59.0 Å². The number of rotatable bonds is 11. The number of hydrogen-bond donors (Lipinski definition) is 2. The molecule has 0 bridgehead atoms. The smallest absolute Gasteiger partial charge is 0.191 e. The molecule has 1 fully saturated rings. The maximum Gasteiger partial charge on any atom is 0.191 e. The van der Waals surface area contributed by atoms with Crippen molar-refractivity contribution in [2.75, 3.05) is 51.9 Å². The molecular formula is C25H37IN4O2. The van der Waals surface area contributed by atoms with E-state index in [0.717, 1.165) is 75.9 Å². The number of methoxy groups -OCH3 is 1. The molecule has 3 rings (SSSR count). The number of halogens is 1. The van der Waals surface area contributed by atoms with Crippen molar-refractivity contribution in [3.8, 4) is 5.75 Å². The number of ether oxygens (including phenoxy) is 2. The highest BCUT2D eigenvalue weighted by Crippen LogP contribution is 2.30. The number of anilines is 1. The van der Waals surface area contributed by atoms with Gasteiger partial charge in [0.15, 0.2) is 5.96 Å². The first-order valence-corrected chi connectivity index (χ1v) is 11.3. The van der Waals surface area contributed by atoms with Crippen LogP contribution in [-0.2, 0) is 11.2 Å². The molecule has 0 saturated carbocycles. The number of guanidine groups is 1. The Hall–Kier alpha value is -2.00. The minimum absolute atomic E-state index is 0. The van der Waals surface area contributed by atoms with E-state index in [2.05, 4.69) is 56.9 Å². The number of nitrogens with one attached hydrogen (secondary N) is 2. The molecule has 6 nitrogen and oxygen atoms in total. The van der Waals surface area contributed by atoms with E-state index in [9.17, 15) is 0 Å². The Kier molecular flexibility index (Phi) is 12.3. The van der Waals surface area contributed by atoms with Crippen LogP contribution in [0.25, 0.3) is 0 Å². The van der Waals surface area contributed by atoms with Crippen molar-refractivity contribution >= 4 is 35.6 Å². The van der Waals surface area contributed by atoms with E-state index < -0.39 is 0 Å². The molecule has 7 heteroatoms. The van der Waals surface area contributed by atoms with Crippen LogP contribution in [0, 0.1) is 0 Å². The molecule has 1 unspecified atom stereocenters. The predicted molar refractivity (Wildman–Crippen MR) is 144 cm³/mol. The largest absolute Gasteiger partial charge is 0.495 e. The van der Waals surface area contributed by atoms with Crippen LogP contribution < -0.4 is 20.3 Å². The van der Waals surface area contributed by atoms with Gasteiger partial charge in [0, 0.05) is 39.3 Å². The Balaban J connectivity index is 0.00000363. The molecule has 0 spiro atoms. The zero-order valence-electron chi connectivity index (χ0n) is 19.3. The molecule has 1 saturated heterocycles. The van der Waals surface area contributed by atoms with Gasteiger partial charge in [-0.25, -0.2) is 0 Å². The zero-order valence-corrected chi connectivity index (χ0v) is 21.6. The first-order chi connectivity index (χ1) is 15.3. The fraction of sp³-hybridized carbons (Fsp3) is 0.480. The van der Waals surface area contributed by atoms with Crippen LogP contribution in [0.15, 0.2) is 59.6 Å². The van der Waals surface area contributed by atoms with E-state index in [-0.39, 0.29) is 24.0 Å². The minimum Gasteiger partial charge on any atom is -0.495 e. The molecule has 0 aromatic heterocycles. The highest BCUT2D eigenvalue weighted by molar-refractivity contribution is 14.0. The molecular weight excluding hydrogens is 515 g/mol.